The van der Waals surface area contributed by atoms with Crippen LogP contribution >= 0.6 is 11.3 Å². The highest BCUT2D eigenvalue weighted by atomic mass is 32.2. The van der Waals surface area contributed by atoms with Crippen molar-refractivity contribution in [1.82, 2.24) is 9.29 Å². The number of rotatable bonds is 10. The summed E-state index contributed by atoms with van der Waals surface area (Å²) in [6.45, 7) is 0.574. The summed E-state index contributed by atoms with van der Waals surface area (Å²) in [4.78, 5) is 5.67. The molecule has 0 aliphatic carbocycles. The van der Waals surface area contributed by atoms with Gasteiger partial charge in [-0.15, -0.1) is 0 Å². The zero-order chi connectivity index (χ0) is 26.4. The number of anilines is 2. The molecule has 0 saturated heterocycles. The van der Waals surface area contributed by atoms with Crippen molar-refractivity contribution >= 4 is 32.2 Å². The first kappa shape index (κ1) is 25.7. The van der Waals surface area contributed by atoms with E-state index in [0.717, 1.165) is 38.1 Å². The quantitative estimate of drug-likeness (QED) is 0.207. The van der Waals surface area contributed by atoms with Crippen LogP contribution in [0.1, 0.15) is 11.1 Å². The highest BCUT2D eigenvalue weighted by molar-refractivity contribution is 7.89. The van der Waals surface area contributed by atoms with Crippen molar-refractivity contribution in [2.45, 2.75) is 18.0 Å². The van der Waals surface area contributed by atoms with E-state index in [1.807, 2.05) is 97.1 Å². The summed E-state index contributed by atoms with van der Waals surface area (Å²) in [7, 11) is -2.10. The molecule has 1 N–H and O–H groups in total. The molecule has 4 aromatic carbocycles. The van der Waals surface area contributed by atoms with E-state index in [2.05, 4.69) is 10.3 Å². The predicted octanol–water partition coefficient (Wildman–Crippen LogP) is 6.95. The Bertz CT molecular complexity index is 1530. The molecule has 0 spiro atoms. The summed E-state index contributed by atoms with van der Waals surface area (Å²) in [5, 5.41) is 4.04. The van der Waals surface area contributed by atoms with Gasteiger partial charge in [-0.2, -0.15) is 4.31 Å². The van der Waals surface area contributed by atoms with E-state index < -0.39 is 10.0 Å². The number of aromatic nitrogens is 1. The Labute approximate surface area is 227 Å². The Morgan fingerprint density at radius 1 is 0.789 bits per heavy atom. The van der Waals surface area contributed by atoms with Crippen molar-refractivity contribution in [3.63, 3.8) is 0 Å². The van der Waals surface area contributed by atoms with Crippen molar-refractivity contribution in [1.29, 1.82) is 0 Å². The molecule has 1 heterocycles. The van der Waals surface area contributed by atoms with E-state index in [9.17, 15) is 8.42 Å². The molecule has 192 valence electrons. The van der Waals surface area contributed by atoms with Crippen LogP contribution in [0.5, 0.6) is 5.75 Å². The Kier molecular flexibility index (Phi) is 7.83. The van der Waals surface area contributed by atoms with E-state index in [-0.39, 0.29) is 18.0 Å². The van der Waals surface area contributed by atoms with Gasteiger partial charge in [0, 0.05) is 25.0 Å². The van der Waals surface area contributed by atoms with Gasteiger partial charge in [-0.25, -0.2) is 13.4 Å². The molecule has 0 aliphatic rings. The molecule has 0 radical (unpaired) electrons. The largest absolute Gasteiger partial charge is 0.497 e. The Hall–Kier alpha value is -3.98. The molecule has 0 unspecified atom stereocenters. The lowest BCUT2D eigenvalue weighted by molar-refractivity contribution is 0.401. The minimum Gasteiger partial charge on any atom is -0.497 e. The lowest BCUT2D eigenvalue weighted by Gasteiger charge is -2.23. The van der Waals surface area contributed by atoms with Crippen LogP contribution in [0.15, 0.2) is 120 Å². The zero-order valence-electron chi connectivity index (χ0n) is 20.8. The van der Waals surface area contributed by atoms with Crippen LogP contribution < -0.4 is 10.1 Å². The van der Waals surface area contributed by atoms with Crippen molar-refractivity contribution in [2.75, 3.05) is 12.4 Å². The van der Waals surface area contributed by atoms with E-state index in [0.29, 0.717) is 0 Å². The number of hydrogen-bond donors (Lipinski definition) is 1. The second kappa shape index (κ2) is 11.6. The van der Waals surface area contributed by atoms with Gasteiger partial charge in [-0.1, -0.05) is 84.1 Å². The monoisotopic (exact) mass is 541 g/mol. The van der Waals surface area contributed by atoms with Crippen LogP contribution in [0, 0.1) is 0 Å². The number of ether oxygens (including phenoxy) is 1. The van der Waals surface area contributed by atoms with Gasteiger partial charge in [0.15, 0.2) is 5.13 Å². The van der Waals surface area contributed by atoms with Crippen LogP contribution in [0.2, 0.25) is 0 Å². The van der Waals surface area contributed by atoms with E-state index in [1.165, 1.54) is 15.6 Å². The molecular weight excluding hydrogens is 514 g/mol. The first-order valence-corrected chi connectivity index (χ1v) is 14.3. The molecule has 0 atom stereocenters. The van der Waals surface area contributed by atoms with E-state index >= 15 is 0 Å². The highest BCUT2D eigenvalue weighted by Gasteiger charge is 2.25. The number of nitrogens with one attached hydrogen (secondary N) is 1. The number of hydrogen-bond acceptors (Lipinski definition) is 6. The van der Waals surface area contributed by atoms with E-state index in [4.69, 9.17) is 4.74 Å². The van der Waals surface area contributed by atoms with Crippen molar-refractivity contribution in [3.05, 3.63) is 127 Å². The third-order valence-electron chi connectivity index (χ3n) is 6.03. The molecule has 8 heteroatoms. The molecule has 1 aromatic heterocycles. The number of thiazole rings is 1. The minimum absolute atomic E-state index is 0.259. The van der Waals surface area contributed by atoms with Gasteiger partial charge >= 0.3 is 0 Å². The first-order valence-electron chi connectivity index (χ1n) is 12.1. The second-order valence-electron chi connectivity index (χ2n) is 8.65. The fourth-order valence-corrected chi connectivity index (χ4v) is 6.26. The average molecular weight is 542 g/mol. The van der Waals surface area contributed by atoms with Gasteiger partial charge in [0.05, 0.1) is 16.9 Å². The van der Waals surface area contributed by atoms with Crippen molar-refractivity contribution in [2.24, 2.45) is 0 Å². The lowest BCUT2D eigenvalue weighted by Crippen LogP contribution is -2.30. The van der Waals surface area contributed by atoms with Crippen LogP contribution in [-0.2, 0) is 23.1 Å². The molecule has 0 aliphatic heterocycles. The minimum atomic E-state index is -3.74. The number of methoxy groups -OCH3 is 1. The molecule has 0 saturated carbocycles. The van der Waals surface area contributed by atoms with Crippen LogP contribution in [0.3, 0.4) is 0 Å². The summed E-state index contributed by atoms with van der Waals surface area (Å²) in [6.07, 6.45) is 1.79. The molecule has 0 bridgehead atoms. The van der Waals surface area contributed by atoms with Crippen molar-refractivity contribution in [3.8, 4) is 16.2 Å². The summed E-state index contributed by atoms with van der Waals surface area (Å²) in [6, 6.07) is 33.9. The number of benzene rings is 4. The lowest BCUT2D eigenvalue weighted by atomic mass is 10.2. The third kappa shape index (κ3) is 6.11. The summed E-state index contributed by atoms with van der Waals surface area (Å²) >= 11 is 1.50. The normalized spacial score (nSPS) is 11.4. The Balaban J connectivity index is 1.35. The van der Waals surface area contributed by atoms with Gasteiger partial charge in [-0.05, 0) is 53.1 Å². The molecule has 0 amide bonds. The molecule has 6 nitrogen and oxygen atoms in total. The number of nitrogens with zero attached hydrogens (tertiary/aromatic N) is 2. The van der Waals surface area contributed by atoms with Crippen LogP contribution in [-0.4, -0.2) is 24.8 Å². The Morgan fingerprint density at radius 2 is 1.37 bits per heavy atom. The third-order valence-corrected chi connectivity index (χ3v) is 8.79. The maximum absolute atomic E-state index is 13.7. The van der Waals surface area contributed by atoms with Crippen molar-refractivity contribution < 1.29 is 13.2 Å². The van der Waals surface area contributed by atoms with Gasteiger partial charge in [0.2, 0.25) is 10.0 Å². The topological polar surface area (TPSA) is 71.5 Å². The number of sulfonamides is 1. The van der Waals surface area contributed by atoms with Crippen LogP contribution in [0.25, 0.3) is 10.4 Å². The molecule has 5 rings (SSSR count). The molecule has 0 fully saturated rings. The molecule has 38 heavy (non-hydrogen) atoms. The fourth-order valence-electron chi connectivity index (χ4n) is 4.00. The summed E-state index contributed by atoms with van der Waals surface area (Å²) in [5.41, 5.74) is 3.68. The second-order valence-corrected chi connectivity index (χ2v) is 11.6. The predicted molar refractivity (Wildman–Crippen MR) is 153 cm³/mol. The maximum atomic E-state index is 13.7. The van der Waals surface area contributed by atoms with Gasteiger partial charge < -0.3 is 10.1 Å². The van der Waals surface area contributed by atoms with Gasteiger partial charge in [-0.3, -0.25) is 0 Å². The molecular formula is C30H27N3O3S2. The van der Waals surface area contributed by atoms with Crippen LogP contribution in [0.4, 0.5) is 10.8 Å². The highest BCUT2D eigenvalue weighted by Crippen LogP contribution is 2.32. The summed E-state index contributed by atoms with van der Waals surface area (Å²) in [5.74, 6) is 0.788. The maximum Gasteiger partial charge on any atom is 0.243 e. The first-order chi connectivity index (χ1) is 18.5. The van der Waals surface area contributed by atoms with Gasteiger partial charge in [0.25, 0.3) is 0 Å². The zero-order valence-corrected chi connectivity index (χ0v) is 22.5. The Morgan fingerprint density at radius 3 is 1.92 bits per heavy atom. The smallest absolute Gasteiger partial charge is 0.243 e. The van der Waals surface area contributed by atoms with E-state index in [1.54, 1.807) is 25.4 Å². The van der Waals surface area contributed by atoms with Gasteiger partial charge in [0.1, 0.15) is 5.75 Å². The SMILES string of the molecule is COc1ccc(Nc2ncc(-c3ccc(S(=O)(=O)N(Cc4ccccc4)Cc4ccccc4)cc3)s2)cc1. The average Bonchev–Trinajstić information content (AvgIpc) is 3.43. The standard InChI is InChI=1S/C30H27N3O3S2/c1-36-27-16-14-26(15-17-27)32-30-31-20-29(37-30)25-12-18-28(19-13-25)38(34,35)33(21-23-8-4-2-5-9-23)22-24-10-6-3-7-11-24/h2-20H,21-22H2,1H3,(H,31,32). The molecule has 5 aromatic rings. The summed E-state index contributed by atoms with van der Waals surface area (Å²) < 4.78 is 34.2. The fraction of sp³-hybridized carbons (Fsp3) is 0.100.